The second kappa shape index (κ2) is 13.0. The Kier molecular flexibility index (Phi) is 12.8. The molecule has 0 atom stereocenters. The molecule has 0 fully saturated rings. The number of rotatable bonds is 16. The standard InChI is InChI=1S/C16H35NO7/c1-19-15(20-2,21-3)9-7-11-17(13-14-18)12-8-10-16(22-4,23-5)24-6/h18H,7-14H2,1-6H3. The molecule has 146 valence electrons. The SMILES string of the molecule is COC(CCCN(CCO)CCCC(OC)(OC)OC)(OC)OC. The fourth-order valence-corrected chi connectivity index (χ4v) is 2.63. The van der Waals surface area contributed by atoms with Crippen molar-refractivity contribution in [3.05, 3.63) is 0 Å². The van der Waals surface area contributed by atoms with Gasteiger partial charge in [-0.05, 0) is 25.9 Å². The molecule has 0 aromatic heterocycles. The van der Waals surface area contributed by atoms with Gasteiger partial charge in [0.05, 0.1) is 6.61 Å². The van der Waals surface area contributed by atoms with Gasteiger partial charge in [-0.1, -0.05) is 0 Å². The first-order valence-electron chi connectivity index (χ1n) is 8.15. The lowest BCUT2D eigenvalue weighted by Crippen LogP contribution is -2.39. The number of ether oxygens (including phenoxy) is 6. The van der Waals surface area contributed by atoms with Gasteiger partial charge in [0.2, 0.25) is 0 Å². The minimum absolute atomic E-state index is 0.105. The van der Waals surface area contributed by atoms with Gasteiger partial charge < -0.3 is 38.4 Å². The number of nitrogens with zero attached hydrogens (tertiary/aromatic N) is 1. The molecule has 0 aromatic rings. The lowest BCUT2D eigenvalue weighted by atomic mass is 10.2. The third kappa shape index (κ3) is 7.71. The summed E-state index contributed by atoms with van der Waals surface area (Å²) in [6, 6.07) is 0. The minimum atomic E-state index is -1.01. The van der Waals surface area contributed by atoms with E-state index in [1.165, 1.54) is 0 Å². The van der Waals surface area contributed by atoms with Crippen LogP contribution in [0.1, 0.15) is 25.7 Å². The Morgan fingerprint density at radius 3 is 1.21 bits per heavy atom. The largest absolute Gasteiger partial charge is 0.395 e. The maximum atomic E-state index is 9.24. The highest BCUT2D eigenvalue weighted by Gasteiger charge is 2.30. The third-order valence-electron chi connectivity index (χ3n) is 4.20. The summed E-state index contributed by atoms with van der Waals surface area (Å²) in [6.07, 6.45) is 2.80. The zero-order chi connectivity index (χ0) is 18.5. The van der Waals surface area contributed by atoms with Gasteiger partial charge in [-0.3, -0.25) is 0 Å². The van der Waals surface area contributed by atoms with E-state index in [0.29, 0.717) is 19.4 Å². The van der Waals surface area contributed by atoms with Crippen LogP contribution in [-0.2, 0) is 28.4 Å². The van der Waals surface area contributed by atoms with E-state index in [9.17, 15) is 5.11 Å². The van der Waals surface area contributed by atoms with Crippen LogP contribution in [0.3, 0.4) is 0 Å². The van der Waals surface area contributed by atoms with E-state index in [1.54, 1.807) is 42.7 Å². The van der Waals surface area contributed by atoms with Crippen molar-refractivity contribution in [2.75, 3.05) is 68.9 Å². The van der Waals surface area contributed by atoms with Gasteiger partial charge in [-0.25, -0.2) is 0 Å². The fourth-order valence-electron chi connectivity index (χ4n) is 2.63. The molecule has 0 radical (unpaired) electrons. The summed E-state index contributed by atoms with van der Waals surface area (Å²) in [5.74, 6) is -2.02. The van der Waals surface area contributed by atoms with Gasteiger partial charge in [-0.15, -0.1) is 0 Å². The van der Waals surface area contributed by atoms with Crippen molar-refractivity contribution in [1.29, 1.82) is 0 Å². The van der Waals surface area contributed by atoms with Crippen LogP contribution >= 0.6 is 0 Å². The van der Waals surface area contributed by atoms with Gasteiger partial charge >= 0.3 is 0 Å². The summed E-state index contributed by atoms with van der Waals surface area (Å²) in [7, 11) is 9.32. The van der Waals surface area contributed by atoms with Crippen LogP contribution in [0.4, 0.5) is 0 Å². The van der Waals surface area contributed by atoms with Crippen molar-refractivity contribution >= 4 is 0 Å². The van der Waals surface area contributed by atoms with Gasteiger partial charge in [0.1, 0.15) is 0 Å². The van der Waals surface area contributed by atoms with Gasteiger partial charge in [0.25, 0.3) is 11.9 Å². The lowest BCUT2D eigenvalue weighted by molar-refractivity contribution is -0.355. The number of aliphatic hydroxyl groups excluding tert-OH is 1. The number of aliphatic hydroxyl groups is 1. The predicted molar refractivity (Wildman–Crippen MR) is 89.5 cm³/mol. The van der Waals surface area contributed by atoms with E-state index in [1.807, 2.05) is 0 Å². The van der Waals surface area contributed by atoms with Crippen LogP contribution in [-0.4, -0.2) is 90.9 Å². The smallest absolute Gasteiger partial charge is 0.282 e. The molecule has 0 bridgehead atoms. The van der Waals surface area contributed by atoms with Gasteiger partial charge in [-0.2, -0.15) is 0 Å². The van der Waals surface area contributed by atoms with E-state index in [-0.39, 0.29) is 6.61 Å². The molecule has 0 aliphatic heterocycles. The Labute approximate surface area is 145 Å². The molecule has 0 amide bonds. The van der Waals surface area contributed by atoms with E-state index in [4.69, 9.17) is 28.4 Å². The van der Waals surface area contributed by atoms with Crippen molar-refractivity contribution in [3.63, 3.8) is 0 Å². The first-order chi connectivity index (χ1) is 11.5. The molecule has 0 heterocycles. The van der Waals surface area contributed by atoms with Crippen LogP contribution in [0.25, 0.3) is 0 Å². The molecular formula is C16H35NO7. The monoisotopic (exact) mass is 353 g/mol. The molecule has 0 saturated heterocycles. The average Bonchev–Trinajstić information content (AvgIpc) is 2.63. The Hall–Kier alpha value is -0.320. The predicted octanol–water partition coefficient (Wildman–Crippen LogP) is 1.03. The van der Waals surface area contributed by atoms with Crippen LogP contribution < -0.4 is 0 Å². The highest BCUT2D eigenvalue weighted by Crippen LogP contribution is 2.21. The molecule has 0 saturated carbocycles. The molecule has 24 heavy (non-hydrogen) atoms. The maximum absolute atomic E-state index is 9.24. The van der Waals surface area contributed by atoms with Gasteiger partial charge in [0.15, 0.2) is 0 Å². The normalized spacial score (nSPS) is 13.0. The summed E-state index contributed by atoms with van der Waals surface area (Å²) in [5, 5.41) is 9.24. The molecule has 0 aliphatic rings. The zero-order valence-electron chi connectivity index (χ0n) is 16.0. The molecule has 0 spiro atoms. The van der Waals surface area contributed by atoms with Crippen LogP contribution in [0.15, 0.2) is 0 Å². The van der Waals surface area contributed by atoms with Crippen molar-refractivity contribution in [2.45, 2.75) is 37.6 Å². The summed E-state index contributed by atoms with van der Waals surface area (Å²) in [5.41, 5.74) is 0. The summed E-state index contributed by atoms with van der Waals surface area (Å²) in [6.45, 7) is 2.28. The second-order valence-electron chi connectivity index (χ2n) is 5.36. The first kappa shape index (κ1) is 23.7. The van der Waals surface area contributed by atoms with Crippen LogP contribution in [0, 0.1) is 0 Å². The lowest BCUT2D eigenvalue weighted by Gasteiger charge is -2.31. The molecule has 0 unspecified atom stereocenters. The zero-order valence-corrected chi connectivity index (χ0v) is 16.0. The Balaban J connectivity index is 4.35. The van der Waals surface area contributed by atoms with Crippen molar-refractivity contribution in [2.24, 2.45) is 0 Å². The second-order valence-corrected chi connectivity index (χ2v) is 5.36. The molecule has 8 heteroatoms. The summed E-state index contributed by atoms with van der Waals surface area (Å²) in [4.78, 5) is 2.16. The molecular weight excluding hydrogens is 318 g/mol. The number of hydrogen-bond acceptors (Lipinski definition) is 8. The summed E-state index contributed by atoms with van der Waals surface area (Å²) >= 11 is 0. The average molecular weight is 353 g/mol. The topological polar surface area (TPSA) is 78.9 Å². The molecule has 0 aliphatic carbocycles. The van der Waals surface area contributed by atoms with Crippen molar-refractivity contribution < 1.29 is 33.5 Å². The third-order valence-corrected chi connectivity index (χ3v) is 4.20. The van der Waals surface area contributed by atoms with E-state index < -0.39 is 11.9 Å². The quantitative estimate of drug-likeness (QED) is 0.412. The highest BCUT2D eigenvalue weighted by atomic mass is 16.9. The molecule has 1 N–H and O–H groups in total. The van der Waals surface area contributed by atoms with Gasteiger partial charge in [0, 0.05) is 62.0 Å². The molecule has 0 rings (SSSR count). The molecule has 8 nitrogen and oxygen atoms in total. The van der Waals surface area contributed by atoms with E-state index in [0.717, 1.165) is 25.9 Å². The maximum Gasteiger partial charge on any atom is 0.282 e. The Bertz CT molecular complexity index is 254. The van der Waals surface area contributed by atoms with Crippen molar-refractivity contribution in [3.8, 4) is 0 Å². The Morgan fingerprint density at radius 1 is 0.625 bits per heavy atom. The molecule has 0 aromatic carbocycles. The highest BCUT2D eigenvalue weighted by molar-refractivity contribution is 4.64. The number of hydrogen-bond donors (Lipinski definition) is 1. The summed E-state index contributed by atoms with van der Waals surface area (Å²) < 4.78 is 31.7. The van der Waals surface area contributed by atoms with Crippen molar-refractivity contribution in [1.82, 2.24) is 4.90 Å². The van der Waals surface area contributed by atoms with Crippen LogP contribution in [0.5, 0.6) is 0 Å². The number of methoxy groups -OCH3 is 6. The Morgan fingerprint density at radius 2 is 0.958 bits per heavy atom. The van der Waals surface area contributed by atoms with E-state index >= 15 is 0 Å². The first-order valence-corrected chi connectivity index (χ1v) is 8.15. The minimum Gasteiger partial charge on any atom is -0.395 e. The van der Waals surface area contributed by atoms with Crippen LogP contribution in [0.2, 0.25) is 0 Å². The fraction of sp³-hybridized carbons (Fsp3) is 1.00. The van der Waals surface area contributed by atoms with E-state index in [2.05, 4.69) is 4.90 Å².